The van der Waals surface area contributed by atoms with E-state index in [1.807, 2.05) is 24.3 Å². The van der Waals surface area contributed by atoms with Gasteiger partial charge in [-0.2, -0.15) is 0 Å². The molecule has 2 fully saturated rings. The number of ether oxygens (including phenoxy) is 4. The molecule has 272 valence electrons. The highest BCUT2D eigenvalue weighted by Gasteiger charge is 2.43. The van der Waals surface area contributed by atoms with Gasteiger partial charge in [0, 0.05) is 50.1 Å². The van der Waals surface area contributed by atoms with Crippen molar-refractivity contribution in [3.05, 3.63) is 90.1 Å². The number of methoxy groups -OCH3 is 4. The Morgan fingerprint density at radius 1 is 0.902 bits per heavy atom. The average Bonchev–Trinajstić information content (AvgIpc) is 3.79. The van der Waals surface area contributed by atoms with E-state index in [0.29, 0.717) is 53.8 Å². The van der Waals surface area contributed by atoms with Gasteiger partial charge in [0.1, 0.15) is 17.5 Å². The smallest absolute Gasteiger partial charge is 0.322 e. The highest BCUT2D eigenvalue weighted by molar-refractivity contribution is 5.98. The van der Waals surface area contributed by atoms with E-state index in [-0.39, 0.29) is 24.8 Å². The summed E-state index contributed by atoms with van der Waals surface area (Å²) in [6.07, 6.45) is 3.61. The lowest BCUT2D eigenvalue weighted by molar-refractivity contribution is -0.124. The molecular formula is C39H49N5O7. The zero-order chi connectivity index (χ0) is 36.3. The summed E-state index contributed by atoms with van der Waals surface area (Å²) in [5.41, 5.74) is 2.97. The topological polar surface area (TPSA) is 122 Å². The summed E-state index contributed by atoms with van der Waals surface area (Å²) < 4.78 is 21.9. The fraction of sp³-hybridized carbons (Fsp3) is 0.410. The van der Waals surface area contributed by atoms with Crippen LogP contribution in [0.5, 0.6) is 23.0 Å². The summed E-state index contributed by atoms with van der Waals surface area (Å²) >= 11 is 0. The van der Waals surface area contributed by atoms with Gasteiger partial charge in [-0.3, -0.25) is 9.59 Å². The van der Waals surface area contributed by atoms with Crippen molar-refractivity contribution in [2.24, 2.45) is 0 Å². The maximum absolute atomic E-state index is 14.3. The van der Waals surface area contributed by atoms with E-state index in [9.17, 15) is 14.4 Å². The van der Waals surface area contributed by atoms with Crippen molar-refractivity contribution in [1.82, 2.24) is 20.0 Å². The van der Waals surface area contributed by atoms with Crippen LogP contribution in [0.25, 0.3) is 0 Å². The number of carbonyl (C=O) groups excluding carboxylic acids is 3. The van der Waals surface area contributed by atoms with Gasteiger partial charge in [0.2, 0.25) is 5.91 Å². The van der Waals surface area contributed by atoms with E-state index < -0.39 is 18.1 Å². The molecular weight excluding hydrogens is 650 g/mol. The summed E-state index contributed by atoms with van der Waals surface area (Å²) in [5, 5.41) is 6.08. The molecule has 5 rings (SSSR count). The molecule has 3 aromatic carbocycles. The van der Waals surface area contributed by atoms with Gasteiger partial charge in [-0.25, -0.2) is 4.79 Å². The van der Waals surface area contributed by atoms with E-state index in [1.54, 1.807) is 73.6 Å². The van der Waals surface area contributed by atoms with Crippen molar-refractivity contribution >= 4 is 23.5 Å². The number of hydrogen-bond acceptors (Lipinski definition) is 8. The number of urea groups is 1. The number of nitrogens with zero attached hydrogens (tertiary/aromatic N) is 3. The molecule has 0 saturated carbocycles. The molecule has 2 unspecified atom stereocenters. The molecule has 2 atom stereocenters. The number of anilines is 1. The molecule has 12 nitrogen and oxygen atoms in total. The second-order valence-electron chi connectivity index (χ2n) is 12.7. The van der Waals surface area contributed by atoms with Gasteiger partial charge in [-0.05, 0) is 74.1 Å². The zero-order valence-corrected chi connectivity index (χ0v) is 30.0. The third kappa shape index (κ3) is 9.05. The molecule has 0 spiro atoms. The third-order valence-electron chi connectivity index (χ3n) is 9.55. The fourth-order valence-corrected chi connectivity index (χ4v) is 6.75. The van der Waals surface area contributed by atoms with E-state index in [0.717, 1.165) is 43.6 Å². The number of likely N-dealkylation sites (tertiary alicyclic amines) is 2. The van der Waals surface area contributed by atoms with Crippen LogP contribution in [0.15, 0.2) is 79.0 Å². The molecule has 3 aromatic rings. The summed E-state index contributed by atoms with van der Waals surface area (Å²) in [6.45, 7) is 6.87. The van der Waals surface area contributed by atoms with Gasteiger partial charge in [-0.1, -0.05) is 30.8 Å². The number of benzene rings is 3. The van der Waals surface area contributed by atoms with Crippen molar-refractivity contribution in [1.29, 1.82) is 0 Å². The second kappa shape index (κ2) is 17.5. The van der Waals surface area contributed by atoms with Crippen LogP contribution in [-0.4, -0.2) is 106 Å². The lowest BCUT2D eigenvalue weighted by Crippen LogP contribution is -2.47. The number of carbonyl (C=O) groups is 3. The van der Waals surface area contributed by atoms with Gasteiger partial charge in [0.15, 0.2) is 11.5 Å². The second-order valence-corrected chi connectivity index (χ2v) is 12.7. The van der Waals surface area contributed by atoms with Crippen LogP contribution in [0.1, 0.15) is 41.6 Å². The minimum absolute atomic E-state index is 0.175. The third-order valence-corrected chi connectivity index (χ3v) is 9.55. The first-order valence-electron chi connectivity index (χ1n) is 17.3. The Kier molecular flexibility index (Phi) is 12.7. The van der Waals surface area contributed by atoms with E-state index in [1.165, 1.54) is 7.11 Å². The predicted molar refractivity (Wildman–Crippen MR) is 196 cm³/mol. The maximum atomic E-state index is 14.3. The lowest BCUT2D eigenvalue weighted by Gasteiger charge is -2.30. The Morgan fingerprint density at radius 3 is 2.33 bits per heavy atom. The van der Waals surface area contributed by atoms with Gasteiger partial charge in [0.25, 0.3) is 5.91 Å². The Labute approximate surface area is 300 Å². The Bertz CT molecular complexity index is 1680. The highest BCUT2D eigenvalue weighted by atomic mass is 16.5. The van der Waals surface area contributed by atoms with Crippen molar-refractivity contribution in [2.75, 3.05) is 66.5 Å². The molecule has 2 heterocycles. The Balaban J connectivity index is 1.40. The minimum Gasteiger partial charge on any atom is -0.497 e. The number of nitrogens with one attached hydrogen (secondary N) is 2. The normalized spacial score (nSPS) is 16.8. The van der Waals surface area contributed by atoms with Crippen LogP contribution < -0.4 is 29.6 Å². The van der Waals surface area contributed by atoms with Crippen molar-refractivity contribution in [3.8, 4) is 23.0 Å². The molecule has 4 amide bonds. The van der Waals surface area contributed by atoms with Crippen LogP contribution in [-0.2, 0) is 11.2 Å². The van der Waals surface area contributed by atoms with Crippen LogP contribution in [0, 0.1) is 0 Å². The monoisotopic (exact) mass is 699 g/mol. The molecule has 0 bridgehead atoms. The summed E-state index contributed by atoms with van der Waals surface area (Å²) in [6, 6.07) is 18.1. The summed E-state index contributed by atoms with van der Waals surface area (Å²) in [7, 11) is 6.24. The molecule has 2 aliphatic rings. The molecule has 2 aliphatic heterocycles. The van der Waals surface area contributed by atoms with Gasteiger partial charge in [0.05, 0.1) is 40.2 Å². The van der Waals surface area contributed by atoms with Crippen molar-refractivity contribution < 1.29 is 33.3 Å². The first kappa shape index (κ1) is 36.9. The molecule has 0 aliphatic carbocycles. The fourth-order valence-electron chi connectivity index (χ4n) is 6.75. The van der Waals surface area contributed by atoms with Crippen LogP contribution in [0.4, 0.5) is 10.5 Å². The quantitative estimate of drug-likeness (QED) is 0.208. The van der Waals surface area contributed by atoms with E-state index >= 15 is 0 Å². The number of hydrogen-bond donors (Lipinski definition) is 2. The van der Waals surface area contributed by atoms with Crippen LogP contribution in [0.2, 0.25) is 0 Å². The molecule has 0 aromatic heterocycles. The van der Waals surface area contributed by atoms with Gasteiger partial charge >= 0.3 is 6.03 Å². The van der Waals surface area contributed by atoms with Gasteiger partial charge < -0.3 is 44.3 Å². The lowest BCUT2D eigenvalue weighted by atomic mass is 10.1. The molecule has 51 heavy (non-hydrogen) atoms. The number of rotatable bonds is 15. The first-order valence-corrected chi connectivity index (χ1v) is 17.3. The van der Waals surface area contributed by atoms with E-state index in [4.69, 9.17) is 18.9 Å². The number of allylic oxidation sites excluding steroid dienone is 1. The molecule has 2 N–H and O–H groups in total. The van der Waals surface area contributed by atoms with E-state index in [2.05, 4.69) is 22.1 Å². The first-order chi connectivity index (χ1) is 24.8. The molecule has 2 saturated heterocycles. The van der Waals surface area contributed by atoms with Crippen LogP contribution in [0.3, 0.4) is 0 Å². The van der Waals surface area contributed by atoms with Crippen molar-refractivity contribution in [2.45, 2.75) is 44.2 Å². The Hall–Kier alpha value is -5.39. The molecule has 0 radical (unpaired) electrons. The van der Waals surface area contributed by atoms with Gasteiger partial charge in [-0.15, -0.1) is 0 Å². The zero-order valence-electron chi connectivity index (χ0n) is 30.0. The maximum Gasteiger partial charge on any atom is 0.322 e. The highest BCUT2D eigenvalue weighted by Crippen LogP contribution is 2.32. The average molecular weight is 700 g/mol. The van der Waals surface area contributed by atoms with Crippen molar-refractivity contribution in [3.63, 3.8) is 0 Å². The number of amides is 4. The largest absolute Gasteiger partial charge is 0.497 e. The summed E-state index contributed by atoms with van der Waals surface area (Å²) in [4.78, 5) is 47.6. The molecule has 12 heteroatoms. The summed E-state index contributed by atoms with van der Waals surface area (Å²) in [5.74, 6) is 1.70. The Morgan fingerprint density at radius 2 is 1.65 bits per heavy atom. The predicted octanol–water partition coefficient (Wildman–Crippen LogP) is 5.20. The van der Waals surface area contributed by atoms with Crippen LogP contribution >= 0.6 is 0 Å². The standard InChI is InChI=1S/C39H49N5O7/c1-27-11-9-20-42(27)21-10-19-40-37(45)33-24-30(26-44(33)38(46)29-12-7-6-8-13-29)43(22-18-28-14-16-35(50-4)36(23-28)51-5)39(47)41-32-25-31(48-2)15-17-34(32)49-3/h6-8,12-17,23,25,30,33H,1,9-11,18-22,24,26H2,2-5H3,(H,40,45)(H,41,47). The SMILES string of the molecule is C=C1CCCN1CCCNC(=O)C1CC(N(CCc2ccc(OC)c(OC)c2)C(=O)Nc2cc(OC)ccc2OC)CN1C(=O)c1ccccc1. The minimum atomic E-state index is -0.771.